The number of carboxylic acids is 1. The third-order valence-electron chi connectivity index (χ3n) is 16.4. The number of carboxylic acid groups (broad SMARTS) is 1. The largest absolute Gasteiger partial charge is 0.497 e. The maximum absolute atomic E-state index is 12.8. The molecule has 1 aromatic carbocycles. The summed E-state index contributed by atoms with van der Waals surface area (Å²) >= 11 is 0. The number of hydrogen-bond acceptors (Lipinski definition) is 7. The van der Waals surface area contributed by atoms with Crippen molar-refractivity contribution in [3.05, 3.63) is 77.6 Å². The zero-order valence-corrected chi connectivity index (χ0v) is 34.5. The van der Waals surface area contributed by atoms with Gasteiger partial charge in [-0.2, -0.15) is 0 Å². The first-order valence-electron chi connectivity index (χ1n) is 20.3. The number of ether oxygens (including phenoxy) is 2. The van der Waals surface area contributed by atoms with Crippen LogP contribution in [-0.2, 0) is 19.1 Å². The van der Waals surface area contributed by atoms with Gasteiger partial charge in [0.25, 0.3) is 0 Å². The highest BCUT2D eigenvalue weighted by atomic mass is 16.5. The highest BCUT2D eigenvalue weighted by Crippen LogP contribution is 2.75. The number of methoxy groups -OCH3 is 2. The van der Waals surface area contributed by atoms with Crippen LogP contribution in [0.1, 0.15) is 118 Å². The number of hydrogen-bond donors (Lipinski definition) is 3. The van der Waals surface area contributed by atoms with Crippen LogP contribution in [0.15, 0.2) is 72.1 Å². The van der Waals surface area contributed by atoms with E-state index in [2.05, 4.69) is 61.1 Å². The molecule has 4 saturated carbocycles. The second-order valence-corrected chi connectivity index (χ2v) is 19.7. The van der Waals surface area contributed by atoms with Gasteiger partial charge in [-0.25, -0.2) is 0 Å². The van der Waals surface area contributed by atoms with Gasteiger partial charge in [-0.3, -0.25) is 14.4 Å². The topological polar surface area (TPSA) is 130 Å². The molecule has 10 unspecified atom stereocenters. The molecule has 10 atom stereocenters. The maximum atomic E-state index is 12.8. The lowest BCUT2D eigenvalue weighted by atomic mass is 9.33. The van der Waals surface area contributed by atoms with Crippen molar-refractivity contribution in [3.8, 4) is 5.75 Å². The minimum Gasteiger partial charge on any atom is -0.497 e. The van der Waals surface area contributed by atoms with E-state index in [9.17, 15) is 29.7 Å². The van der Waals surface area contributed by atoms with Gasteiger partial charge >= 0.3 is 5.97 Å². The number of rotatable bonds is 6. The van der Waals surface area contributed by atoms with Gasteiger partial charge in [-0.05, 0) is 126 Å². The minimum atomic E-state index is -1.04. The van der Waals surface area contributed by atoms with E-state index in [1.165, 1.54) is 24.8 Å². The molecule has 7 rings (SSSR count). The van der Waals surface area contributed by atoms with E-state index in [-0.39, 0.29) is 62.3 Å². The van der Waals surface area contributed by atoms with E-state index in [4.69, 9.17) is 9.47 Å². The Morgan fingerprint density at radius 3 is 2.11 bits per heavy atom. The normalized spacial score (nSPS) is 39.1. The maximum Gasteiger partial charge on any atom is 0.312 e. The molecule has 6 aliphatic rings. The first-order chi connectivity index (χ1) is 25.7. The highest BCUT2D eigenvalue weighted by Gasteiger charge is 2.71. The number of aliphatic hydroxyl groups excluding tert-OH is 2. The summed E-state index contributed by atoms with van der Waals surface area (Å²) in [5.74, 6) is -0.0306. The predicted octanol–water partition coefficient (Wildman–Crippen LogP) is 8.78. The summed E-state index contributed by atoms with van der Waals surface area (Å²) in [5.41, 5.74) is 1.55. The SMILES string of the molecule is C=CC(C1=CC(=O)C(OC)=CC1=O)c1ccc(OC)cc1.CC1(C)CCC2(C(=O)O)C(O)CC3(C)C(=CCC4C5(C)CCC(O)C(C)(C)C5CCC43C)C2C1. The summed E-state index contributed by atoms with van der Waals surface area (Å²) in [7, 11) is 2.95. The zero-order valence-electron chi connectivity index (χ0n) is 34.5. The Labute approximate surface area is 328 Å². The average molecular weight is 757 g/mol. The molecule has 6 aliphatic carbocycles. The Morgan fingerprint density at radius 1 is 0.836 bits per heavy atom. The van der Waals surface area contributed by atoms with Gasteiger partial charge in [0.2, 0.25) is 5.78 Å². The van der Waals surface area contributed by atoms with Gasteiger partial charge in [-0.15, -0.1) is 6.58 Å². The van der Waals surface area contributed by atoms with Crippen molar-refractivity contribution in [1.82, 2.24) is 0 Å². The molecule has 0 radical (unpaired) electrons. The molecular formula is C47H64O8. The lowest BCUT2D eigenvalue weighted by Gasteiger charge is -2.71. The molecule has 8 nitrogen and oxygen atoms in total. The van der Waals surface area contributed by atoms with Gasteiger partial charge in [0.05, 0.1) is 26.4 Å². The van der Waals surface area contributed by atoms with Crippen LogP contribution in [0.25, 0.3) is 0 Å². The van der Waals surface area contributed by atoms with Gasteiger partial charge in [0, 0.05) is 17.6 Å². The number of fused-ring (bicyclic) bond motifs is 7. The second kappa shape index (κ2) is 14.2. The van der Waals surface area contributed by atoms with Crippen LogP contribution in [-0.4, -0.2) is 59.3 Å². The zero-order chi connectivity index (χ0) is 40.5. The summed E-state index contributed by atoms with van der Waals surface area (Å²) in [6.07, 6.45) is 13.5. The summed E-state index contributed by atoms with van der Waals surface area (Å²) in [6, 6.07) is 7.30. The fraction of sp³-hybridized carbons (Fsp3) is 0.638. The van der Waals surface area contributed by atoms with Gasteiger partial charge in [0.15, 0.2) is 11.5 Å². The van der Waals surface area contributed by atoms with Gasteiger partial charge in [-0.1, -0.05) is 78.3 Å². The van der Waals surface area contributed by atoms with Crippen molar-refractivity contribution in [2.75, 3.05) is 14.2 Å². The molecule has 0 saturated heterocycles. The van der Waals surface area contributed by atoms with Crippen LogP contribution < -0.4 is 4.74 Å². The molecule has 0 aliphatic heterocycles. The number of aliphatic carboxylic acids is 1. The summed E-state index contributed by atoms with van der Waals surface area (Å²) < 4.78 is 9.98. The van der Waals surface area contributed by atoms with E-state index < -0.39 is 17.5 Å². The second-order valence-electron chi connectivity index (χ2n) is 19.7. The van der Waals surface area contributed by atoms with Crippen molar-refractivity contribution < 1.29 is 39.2 Å². The Balaban J connectivity index is 0.000000211. The van der Waals surface area contributed by atoms with Crippen molar-refractivity contribution in [2.24, 2.45) is 50.2 Å². The molecule has 0 heterocycles. The molecule has 4 fully saturated rings. The molecule has 0 spiro atoms. The van der Waals surface area contributed by atoms with Crippen molar-refractivity contribution >= 4 is 17.5 Å². The molecule has 0 aromatic heterocycles. The van der Waals surface area contributed by atoms with E-state index in [0.29, 0.717) is 30.3 Å². The Kier molecular flexibility index (Phi) is 10.6. The third-order valence-corrected chi connectivity index (χ3v) is 16.4. The summed E-state index contributed by atoms with van der Waals surface area (Å²) in [4.78, 5) is 36.8. The Hall–Kier alpha value is -3.49. The number of aliphatic hydroxyl groups is 2. The average Bonchev–Trinajstić information content (AvgIpc) is 3.12. The summed E-state index contributed by atoms with van der Waals surface area (Å²) in [5, 5.41) is 33.1. The van der Waals surface area contributed by atoms with Crippen molar-refractivity contribution in [1.29, 1.82) is 0 Å². The minimum absolute atomic E-state index is 0.0218. The molecule has 1 aromatic rings. The van der Waals surface area contributed by atoms with Gasteiger partial charge in [0.1, 0.15) is 11.2 Å². The van der Waals surface area contributed by atoms with E-state index in [0.717, 1.165) is 56.3 Å². The highest BCUT2D eigenvalue weighted by molar-refractivity contribution is 6.19. The number of benzene rings is 1. The molecule has 0 amide bonds. The van der Waals surface area contributed by atoms with E-state index >= 15 is 0 Å². The fourth-order valence-corrected chi connectivity index (χ4v) is 12.9. The van der Waals surface area contributed by atoms with E-state index in [1.54, 1.807) is 25.3 Å². The number of carbonyl (C=O) groups is 3. The Bertz CT molecular complexity index is 1820. The number of allylic oxidation sites excluding steroid dienone is 6. The number of carbonyl (C=O) groups excluding carboxylic acids is 2. The quantitative estimate of drug-likeness (QED) is 0.194. The molecule has 3 N–H and O–H groups in total. The molecule has 0 bridgehead atoms. The molecule has 55 heavy (non-hydrogen) atoms. The van der Waals surface area contributed by atoms with Crippen molar-refractivity contribution in [3.63, 3.8) is 0 Å². The van der Waals surface area contributed by atoms with Crippen LogP contribution in [0, 0.1) is 50.2 Å². The third kappa shape index (κ3) is 6.29. The van der Waals surface area contributed by atoms with Crippen LogP contribution in [0.4, 0.5) is 0 Å². The first-order valence-corrected chi connectivity index (χ1v) is 20.3. The first kappa shape index (κ1) is 41.2. The van der Waals surface area contributed by atoms with Crippen LogP contribution in [0.3, 0.4) is 0 Å². The monoisotopic (exact) mass is 756 g/mol. The van der Waals surface area contributed by atoms with Crippen LogP contribution >= 0.6 is 0 Å². The van der Waals surface area contributed by atoms with E-state index in [1.807, 2.05) is 12.1 Å². The number of ketones is 2. The van der Waals surface area contributed by atoms with Gasteiger partial charge < -0.3 is 24.8 Å². The smallest absolute Gasteiger partial charge is 0.312 e. The lowest BCUT2D eigenvalue weighted by Crippen LogP contribution is -2.67. The predicted molar refractivity (Wildman–Crippen MR) is 213 cm³/mol. The van der Waals surface area contributed by atoms with Crippen LogP contribution in [0.5, 0.6) is 5.75 Å². The standard InChI is InChI=1S/C30H48O4.C17H16O4/c1-25(2)14-15-30(24(33)34)19(16-25)18-8-9-21-27(5)12-11-22(31)26(3,4)20(27)10-13-28(21,6)29(18,7)17-23(30)32;1-4-13(11-5-7-12(20-2)8-6-11)14-9-16(19)17(21-3)10-15(14)18/h8,19-23,31-32H,9-17H2,1-7H3,(H,33,34);4-10,13H,1H2,2-3H3. The Morgan fingerprint density at radius 2 is 1.51 bits per heavy atom. The molecular weight excluding hydrogens is 693 g/mol. The van der Waals surface area contributed by atoms with Crippen molar-refractivity contribution in [2.45, 2.75) is 124 Å². The summed E-state index contributed by atoms with van der Waals surface area (Å²) in [6.45, 7) is 20.2. The molecule has 8 heteroatoms. The van der Waals surface area contributed by atoms with Crippen LogP contribution in [0.2, 0.25) is 0 Å². The fourth-order valence-electron chi connectivity index (χ4n) is 12.9. The lowest BCUT2D eigenvalue weighted by molar-refractivity contribution is -0.218. The molecule has 300 valence electrons.